The standard InChI is InChI=1S/C13H23N3O5/c17-7-6-14-2-1-3-15(5-4-14)13(21)16-9-10(18)8-11(16)12(19)20/h10-11,17-18H,1-9H2,(H,19,20). The maximum atomic E-state index is 12.5. The van der Waals surface area contributed by atoms with Crippen molar-refractivity contribution in [2.45, 2.75) is 25.0 Å². The number of likely N-dealkylation sites (tertiary alicyclic amines) is 1. The van der Waals surface area contributed by atoms with E-state index in [9.17, 15) is 14.7 Å². The fourth-order valence-corrected chi connectivity index (χ4v) is 2.97. The number of amides is 2. The van der Waals surface area contributed by atoms with Crippen molar-refractivity contribution < 1.29 is 24.9 Å². The maximum Gasteiger partial charge on any atom is 0.326 e. The number of carboxylic acid groups (broad SMARTS) is 1. The summed E-state index contributed by atoms with van der Waals surface area (Å²) in [6.07, 6.45) is 0.110. The predicted molar refractivity (Wildman–Crippen MR) is 73.9 cm³/mol. The Balaban J connectivity index is 1.97. The number of hydrogen-bond donors (Lipinski definition) is 3. The van der Waals surface area contributed by atoms with Gasteiger partial charge in [0.05, 0.1) is 12.7 Å². The molecule has 2 aliphatic rings. The molecule has 0 saturated carbocycles. The summed E-state index contributed by atoms with van der Waals surface area (Å²) in [4.78, 5) is 28.7. The van der Waals surface area contributed by atoms with Crippen LogP contribution in [0.1, 0.15) is 12.8 Å². The Morgan fingerprint density at radius 1 is 1.14 bits per heavy atom. The summed E-state index contributed by atoms with van der Waals surface area (Å²) in [6.45, 7) is 3.31. The molecule has 0 aromatic heterocycles. The van der Waals surface area contributed by atoms with Crippen molar-refractivity contribution in [2.75, 3.05) is 45.9 Å². The van der Waals surface area contributed by atoms with Crippen LogP contribution in [0.2, 0.25) is 0 Å². The molecule has 2 aliphatic heterocycles. The second kappa shape index (κ2) is 7.06. The molecule has 2 saturated heterocycles. The summed E-state index contributed by atoms with van der Waals surface area (Å²) in [7, 11) is 0. The fraction of sp³-hybridized carbons (Fsp3) is 0.846. The fourth-order valence-electron chi connectivity index (χ4n) is 2.97. The van der Waals surface area contributed by atoms with E-state index in [1.807, 2.05) is 0 Å². The Labute approximate surface area is 123 Å². The van der Waals surface area contributed by atoms with E-state index in [0.29, 0.717) is 26.2 Å². The number of carbonyl (C=O) groups is 2. The first-order valence-corrected chi connectivity index (χ1v) is 7.32. The number of hydrogen-bond acceptors (Lipinski definition) is 5. The van der Waals surface area contributed by atoms with Crippen molar-refractivity contribution in [3.05, 3.63) is 0 Å². The quantitative estimate of drug-likeness (QED) is 0.594. The van der Waals surface area contributed by atoms with Gasteiger partial charge >= 0.3 is 12.0 Å². The summed E-state index contributed by atoms with van der Waals surface area (Å²) in [6, 6.07) is -1.26. The van der Waals surface area contributed by atoms with E-state index >= 15 is 0 Å². The first kappa shape index (κ1) is 16.0. The lowest BCUT2D eigenvalue weighted by atomic mass is 10.2. The third kappa shape index (κ3) is 3.84. The molecule has 120 valence electrons. The summed E-state index contributed by atoms with van der Waals surface area (Å²) in [5.74, 6) is -1.07. The van der Waals surface area contributed by atoms with Crippen LogP contribution < -0.4 is 0 Å². The van der Waals surface area contributed by atoms with Gasteiger partial charge in [0.15, 0.2) is 0 Å². The molecule has 2 heterocycles. The summed E-state index contributed by atoms with van der Waals surface area (Å²) < 4.78 is 0. The van der Waals surface area contributed by atoms with Gasteiger partial charge in [-0.2, -0.15) is 0 Å². The Morgan fingerprint density at radius 3 is 2.57 bits per heavy atom. The lowest BCUT2D eigenvalue weighted by Crippen LogP contribution is -2.49. The van der Waals surface area contributed by atoms with Crippen LogP contribution >= 0.6 is 0 Å². The van der Waals surface area contributed by atoms with Gasteiger partial charge in [0.2, 0.25) is 0 Å². The first-order valence-electron chi connectivity index (χ1n) is 7.32. The van der Waals surface area contributed by atoms with Crippen molar-refractivity contribution in [1.82, 2.24) is 14.7 Å². The van der Waals surface area contributed by atoms with E-state index in [-0.39, 0.29) is 25.6 Å². The predicted octanol–water partition coefficient (Wildman–Crippen LogP) is -1.37. The molecule has 8 nitrogen and oxygen atoms in total. The number of rotatable bonds is 3. The zero-order valence-corrected chi connectivity index (χ0v) is 12.0. The monoisotopic (exact) mass is 301 g/mol. The SMILES string of the molecule is O=C(O)C1CC(O)CN1C(=O)N1CCCN(CCO)CC1. The van der Waals surface area contributed by atoms with E-state index in [0.717, 1.165) is 13.0 Å². The second-order valence-corrected chi connectivity index (χ2v) is 5.58. The van der Waals surface area contributed by atoms with Crippen LogP contribution in [0, 0.1) is 0 Å². The molecule has 2 rings (SSSR count). The van der Waals surface area contributed by atoms with E-state index < -0.39 is 18.1 Å². The van der Waals surface area contributed by atoms with Crippen molar-refractivity contribution in [3.8, 4) is 0 Å². The molecule has 2 fully saturated rings. The smallest absolute Gasteiger partial charge is 0.326 e. The van der Waals surface area contributed by atoms with Gasteiger partial charge in [0, 0.05) is 39.1 Å². The van der Waals surface area contributed by atoms with E-state index in [1.165, 1.54) is 4.90 Å². The van der Waals surface area contributed by atoms with E-state index in [2.05, 4.69) is 4.90 Å². The van der Waals surface area contributed by atoms with Gasteiger partial charge in [-0.3, -0.25) is 4.90 Å². The average molecular weight is 301 g/mol. The van der Waals surface area contributed by atoms with Crippen molar-refractivity contribution in [2.24, 2.45) is 0 Å². The molecular weight excluding hydrogens is 278 g/mol. The summed E-state index contributed by atoms with van der Waals surface area (Å²) in [5.41, 5.74) is 0. The Morgan fingerprint density at radius 2 is 1.90 bits per heavy atom. The molecule has 0 aliphatic carbocycles. The number of nitrogens with zero attached hydrogens (tertiary/aromatic N) is 3. The van der Waals surface area contributed by atoms with E-state index in [4.69, 9.17) is 10.2 Å². The van der Waals surface area contributed by atoms with Gasteiger partial charge in [0.1, 0.15) is 6.04 Å². The van der Waals surface area contributed by atoms with Gasteiger partial charge in [0.25, 0.3) is 0 Å². The molecule has 0 spiro atoms. The Bertz CT molecular complexity index is 392. The van der Waals surface area contributed by atoms with Gasteiger partial charge in [-0.15, -0.1) is 0 Å². The van der Waals surface area contributed by atoms with Crippen molar-refractivity contribution in [3.63, 3.8) is 0 Å². The maximum absolute atomic E-state index is 12.5. The Hall–Kier alpha value is -1.38. The molecule has 3 N–H and O–H groups in total. The molecular formula is C13H23N3O5. The van der Waals surface area contributed by atoms with Crippen molar-refractivity contribution >= 4 is 12.0 Å². The minimum Gasteiger partial charge on any atom is -0.480 e. The molecule has 0 aromatic rings. The number of urea groups is 1. The number of aliphatic hydroxyl groups excluding tert-OH is 2. The number of aliphatic carboxylic acids is 1. The van der Waals surface area contributed by atoms with Crippen LogP contribution in [0.15, 0.2) is 0 Å². The van der Waals surface area contributed by atoms with Crippen LogP contribution in [-0.2, 0) is 4.79 Å². The third-order valence-electron chi connectivity index (χ3n) is 4.09. The van der Waals surface area contributed by atoms with Gasteiger partial charge in [-0.25, -0.2) is 9.59 Å². The van der Waals surface area contributed by atoms with E-state index in [1.54, 1.807) is 4.90 Å². The van der Waals surface area contributed by atoms with Crippen LogP contribution in [0.3, 0.4) is 0 Å². The first-order chi connectivity index (χ1) is 10.0. The number of carboxylic acids is 1. The lowest BCUT2D eigenvalue weighted by molar-refractivity contribution is -0.141. The molecule has 21 heavy (non-hydrogen) atoms. The van der Waals surface area contributed by atoms with Crippen LogP contribution in [0.5, 0.6) is 0 Å². The minimum atomic E-state index is -1.07. The zero-order chi connectivity index (χ0) is 15.4. The number of β-amino-alcohol motifs (C(OH)–C–C–N with tert-alkyl or cyclic N) is 2. The van der Waals surface area contributed by atoms with Crippen LogP contribution in [0.4, 0.5) is 4.79 Å². The molecule has 0 bridgehead atoms. The van der Waals surface area contributed by atoms with Crippen LogP contribution in [0.25, 0.3) is 0 Å². The summed E-state index contributed by atoms with van der Waals surface area (Å²) >= 11 is 0. The molecule has 0 radical (unpaired) electrons. The molecule has 2 unspecified atom stereocenters. The highest BCUT2D eigenvalue weighted by molar-refractivity contribution is 5.83. The molecule has 2 atom stereocenters. The van der Waals surface area contributed by atoms with Gasteiger partial charge in [-0.1, -0.05) is 0 Å². The highest BCUT2D eigenvalue weighted by Gasteiger charge is 2.40. The number of aliphatic hydroxyl groups is 2. The highest BCUT2D eigenvalue weighted by Crippen LogP contribution is 2.20. The summed E-state index contributed by atoms with van der Waals surface area (Å²) in [5, 5.41) is 27.7. The largest absolute Gasteiger partial charge is 0.480 e. The molecule has 2 amide bonds. The Kier molecular flexibility index (Phi) is 5.38. The normalized spacial score (nSPS) is 27.7. The minimum absolute atomic E-state index is 0.0760. The van der Waals surface area contributed by atoms with Gasteiger partial charge < -0.3 is 25.1 Å². The third-order valence-corrected chi connectivity index (χ3v) is 4.09. The molecule has 8 heteroatoms. The topological polar surface area (TPSA) is 105 Å². The van der Waals surface area contributed by atoms with Crippen LogP contribution in [-0.4, -0.2) is 100 Å². The average Bonchev–Trinajstić information content (AvgIpc) is 2.68. The zero-order valence-electron chi connectivity index (χ0n) is 12.0. The second-order valence-electron chi connectivity index (χ2n) is 5.58. The highest BCUT2D eigenvalue weighted by atomic mass is 16.4. The van der Waals surface area contributed by atoms with Gasteiger partial charge in [-0.05, 0) is 13.0 Å². The number of carbonyl (C=O) groups excluding carboxylic acids is 1. The molecule has 0 aromatic carbocycles. The van der Waals surface area contributed by atoms with Crippen molar-refractivity contribution in [1.29, 1.82) is 0 Å². The lowest BCUT2D eigenvalue weighted by Gasteiger charge is -2.29.